The van der Waals surface area contributed by atoms with Gasteiger partial charge >= 0.3 is 12.1 Å². The Hall–Kier alpha value is -2.77. The maximum atomic E-state index is 13.4. The summed E-state index contributed by atoms with van der Waals surface area (Å²) >= 11 is 0. The number of fused-ring (bicyclic) bond motifs is 1. The van der Waals surface area contributed by atoms with Crippen LogP contribution in [0.3, 0.4) is 0 Å². The Kier molecular flexibility index (Phi) is 7.81. The second-order valence-corrected chi connectivity index (χ2v) is 10.7. The molecular weight excluding hydrogens is 471 g/mol. The first-order valence-electron chi connectivity index (χ1n) is 12.8. The number of amides is 1. The maximum Gasteiger partial charge on any atom is 0.391 e. The van der Waals surface area contributed by atoms with Crippen molar-refractivity contribution in [1.82, 2.24) is 5.32 Å². The number of carbonyl (C=O) groups excluding carboxylic acids is 1. The summed E-state index contributed by atoms with van der Waals surface area (Å²) in [5.74, 6) is -2.53. The van der Waals surface area contributed by atoms with Crippen LogP contribution in [0.25, 0.3) is 10.8 Å². The van der Waals surface area contributed by atoms with Crippen molar-refractivity contribution in [3.05, 3.63) is 42.0 Å². The van der Waals surface area contributed by atoms with Crippen molar-refractivity contribution < 1.29 is 32.6 Å². The molecule has 36 heavy (non-hydrogen) atoms. The van der Waals surface area contributed by atoms with E-state index in [0.29, 0.717) is 24.0 Å². The predicted octanol–water partition coefficient (Wildman–Crippen LogP) is 6.74. The van der Waals surface area contributed by atoms with E-state index in [0.717, 1.165) is 37.5 Å². The topological polar surface area (TPSA) is 75.6 Å². The molecule has 2 N–H and O–H groups in total. The molecule has 0 bridgehead atoms. The summed E-state index contributed by atoms with van der Waals surface area (Å²) < 4.78 is 45.3. The second-order valence-electron chi connectivity index (χ2n) is 10.7. The number of hydrogen-bond donors (Lipinski definition) is 2. The summed E-state index contributed by atoms with van der Waals surface area (Å²) in [6.45, 7) is 2.12. The molecule has 2 fully saturated rings. The molecule has 0 saturated heterocycles. The zero-order valence-corrected chi connectivity index (χ0v) is 20.6. The quantitative estimate of drug-likeness (QED) is 0.437. The van der Waals surface area contributed by atoms with Crippen LogP contribution in [0.4, 0.5) is 13.2 Å². The van der Waals surface area contributed by atoms with E-state index in [1.165, 1.54) is 0 Å². The highest BCUT2D eigenvalue weighted by Crippen LogP contribution is 2.41. The Morgan fingerprint density at radius 3 is 2.36 bits per heavy atom. The smallest absolute Gasteiger partial charge is 0.391 e. The largest absolute Gasteiger partial charge is 0.492 e. The van der Waals surface area contributed by atoms with E-state index in [-0.39, 0.29) is 30.9 Å². The standard InChI is InChI=1S/C28H34F3NO4/c1-27(15-5-2-6-16-27)24(26(34)35)32-25(33)22-14-11-19-7-3-4-8-21(19)23(22)36-17-18-9-12-20(13-10-18)28(29,30)31/h3-4,7-8,11,14,18,20,24H,2,5-6,9-10,12-13,15-17H2,1H3,(H,32,33)(H,34,35)/t18-,20-,24?. The van der Waals surface area contributed by atoms with Gasteiger partial charge in [-0.3, -0.25) is 4.79 Å². The van der Waals surface area contributed by atoms with Crippen LogP contribution in [0, 0.1) is 17.3 Å². The molecule has 2 aliphatic rings. The van der Waals surface area contributed by atoms with Crippen molar-refractivity contribution in [2.24, 2.45) is 17.3 Å². The highest BCUT2D eigenvalue weighted by molar-refractivity contribution is 6.05. The third-order valence-electron chi connectivity index (χ3n) is 8.11. The molecule has 0 spiro atoms. The second kappa shape index (κ2) is 10.7. The van der Waals surface area contributed by atoms with Gasteiger partial charge < -0.3 is 15.2 Å². The Bertz CT molecular complexity index is 1090. The lowest BCUT2D eigenvalue weighted by molar-refractivity contribution is -0.184. The Labute approximate surface area is 209 Å². The van der Waals surface area contributed by atoms with Crippen LogP contribution in [0.1, 0.15) is 75.1 Å². The number of carboxylic acids is 1. The van der Waals surface area contributed by atoms with Crippen LogP contribution in [-0.2, 0) is 4.79 Å². The number of hydrogen-bond acceptors (Lipinski definition) is 3. The van der Waals surface area contributed by atoms with Crippen LogP contribution in [0.15, 0.2) is 36.4 Å². The van der Waals surface area contributed by atoms with Gasteiger partial charge in [-0.1, -0.05) is 56.5 Å². The van der Waals surface area contributed by atoms with Gasteiger partial charge in [0, 0.05) is 5.39 Å². The monoisotopic (exact) mass is 505 g/mol. The highest BCUT2D eigenvalue weighted by atomic mass is 19.4. The SMILES string of the molecule is CC1(C(NC(=O)c2ccc3ccccc3c2OC[C@H]2CC[C@H](C(F)(F)F)CC2)C(=O)O)CCCCC1. The van der Waals surface area contributed by atoms with Crippen LogP contribution in [0.5, 0.6) is 5.75 Å². The summed E-state index contributed by atoms with van der Waals surface area (Å²) in [7, 11) is 0. The number of rotatable bonds is 7. The average molecular weight is 506 g/mol. The minimum Gasteiger partial charge on any atom is -0.492 e. The molecule has 4 rings (SSSR count). The van der Waals surface area contributed by atoms with Crippen molar-refractivity contribution in [2.75, 3.05) is 6.61 Å². The van der Waals surface area contributed by atoms with Crippen LogP contribution in [0.2, 0.25) is 0 Å². The third kappa shape index (κ3) is 5.79. The minimum absolute atomic E-state index is 0.0357. The molecule has 0 aliphatic heterocycles. The molecule has 1 atom stereocenters. The zero-order chi connectivity index (χ0) is 25.9. The van der Waals surface area contributed by atoms with Gasteiger partial charge in [-0.15, -0.1) is 0 Å². The van der Waals surface area contributed by atoms with Crippen molar-refractivity contribution in [3.8, 4) is 5.75 Å². The molecule has 0 heterocycles. The van der Waals surface area contributed by atoms with E-state index in [4.69, 9.17) is 4.74 Å². The molecule has 2 aromatic rings. The fourth-order valence-electron chi connectivity index (χ4n) is 5.83. The van der Waals surface area contributed by atoms with Gasteiger partial charge in [0.2, 0.25) is 0 Å². The van der Waals surface area contributed by atoms with Crippen LogP contribution in [-0.4, -0.2) is 35.8 Å². The molecule has 196 valence electrons. The molecule has 5 nitrogen and oxygen atoms in total. The van der Waals surface area contributed by atoms with Crippen molar-refractivity contribution in [3.63, 3.8) is 0 Å². The number of benzene rings is 2. The van der Waals surface area contributed by atoms with E-state index in [1.54, 1.807) is 12.1 Å². The molecule has 0 radical (unpaired) electrons. The first-order chi connectivity index (χ1) is 17.1. The number of alkyl halides is 3. The Morgan fingerprint density at radius 2 is 1.72 bits per heavy atom. The van der Waals surface area contributed by atoms with Crippen molar-refractivity contribution in [1.29, 1.82) is 0 Å². The van der Waals surface area contributed by atoms with Gasteiger partial charge in [-0.25, -0.2) is 4.79 Å². The van der Waals surface area contributed by atoms with E-state index in [2.05, 4.69) is 5.32 Å². The van der Waals surface area contributed by atoms with Gasteiger partial charge in [0.05, 0.1) is 18.1 Å². The van der Waals surface area contributed by atoms with Crippen LogP contribution >= 0.6 is 0 Å². The van der Waals surface area contributed by atoms with Crippen LogP contribution < -0.4 is 10.1 Å². The third-order valence-corrected chi connectivity index (χ3v) is 8.11. The summed E-state index contributed by atoms with van der Waals surface area (Å²) in [5, 5.41) is 14.3. The molecule has 1 amide bonds. The first kappa shape index (κ1) is 26.3. The number of ether oxygens (including phenoxy) is 1. The van der Waals surface area contributed by atoms with Gasteiger partial charge in [0.25, 0.3) is 5.91 Å². The van der Waals surface area contributed by atoms with E-state index >= 15 is 0 Å². The van der Waals surface area contributed by atoms with E-state index < -0.39 is 35.4 Å². The molecule has 0 aromatic heterocycles. The molecule has 8 heteroatoms. The fourth-order valence-corrected chi connectivity index (χ4v) is 5.83. The normalized spacial score (nSPS) is 23.1. The molecular formula is C28H34F3NO4. The lowest BCUT2D eigenvalue weighted by Gasteiger charge is -2.38. The summed E-state index contributed by atoms with van der Waals surface area (Å²) in [6, 6.07) is 9.82. The maximum absolute atomic E-state index is 13.4. The summed E-state index contributed by atoms with van der Waals surface area (Å²) in [6.07, 6.45) is 1.20. The van der Waals surface area contributed by atoms with Gasteiger partial charge in [-0.2, -0.15) is 13.2 Å². The Morgan fingerprint density at radius 1 is 1.06 bits per heavy atom. The molecule has 1 unspecified atom stereocenters. The first-order valence-corrected chi connectivity index (χ1v) is 12.8. The van der Waals surface area contributed by atoms with E-state index in [9.17, 15) is 27.9 Å². The predicted molar refractivity (Wildman–Crippen MR) is 131 cm³/mol. The van der Waals surface area contributed by atoms with Crippen molar-refractivity contribution in [2.45, 2.75) is 76.9 Å². The van der Waals surface area contributed by atoms with Crippen molar-refractivity contribution >= 4 is 22.6 Å². The number of carboxylic acid groups (broad SMARTS) is 1. The molecule has 2 aliphatic carbocycles. The zero-order valence-electron chi connectivity index (χ0n) is 20.6. The summed E-state index contributed by atoms with van der Waals surface area (Å²) in [5.41, 5.74) is -0.294. The number of halogens is 3. The number of carbonyl (C=O) groups is 2. The average Bonchev–Trinajstić information content (AvgIpc) is 2.85. The Balaban J connectivity index is 1.55. The van der Waals surface area contributed by atoms with Gasteiger partial charge in [0.1, 0.15) is 11.8 Å². The van der Waals surface area contributed by atoms with Gasteiger partial charge in [0.15, 0.2) is 0 Å². The van der Waals surface area contributed by atoms with E-state index in [1.807, 2.05) is 31.2 Å². The minimum atomic E-state index is -4.16. The molecule has 2 aromatic carbocycles. The lowest BCUT2D eigenvalue weighted by atomic mass is 9.70. The lowest BCUT2D eigenvalue weighted by Crippen LogP contribution is -2.52. The summed E-state index contributed by atoms with van der Waals surface area (Å²) in [4.78, 5) is 25.6. The molecule has 2 saturated carbocycles. The highest BCUT2D eigenvalue weighted by Gasteiger charge is 2.42. The fraction of sp³-hybridized carbons (Fsp3) is 0.571. The van der Waals surface area contributed by atoms with Gasteiger partial charge in [-0.05, 0) is 61.3 Å². The number of aliphatic carboxylic acids is 1. The number of nitrogens with one attached hydrogen (secondary N) is 1.